The lowest BCUT2D eigenvalue weighted by Crippen LogP contribution is -2.53. The summed E-state index contributed by atoms with van der Waals surface area (Å²) < 4.78 is -0.403. The van der Waals surface area contributed by atoms with E-state index in [0.29, 0.717) is 13.0 Å². The maximum atomic E-state index is 10.7. The van der Waals surface area contributed by atoms with Crippen molar-refractivity contribution in [2.45, 2.75) is 25.8 Å². The normalized spacial score (nSPS) is 37.0. The Kier molecular flexibility index (Phi) is 1.95. The van der Waals surface area contributed by atoms with E-state index in [1.165, 1.54) is 0 Å². The van der Waals surface area contributed by atoms with Crippen LogP contribution in [0.3, 0.4) is 0 Å². The predicted octanol–water partition coefficient (Wildman–Crippen LogP) is 0.820. The van der Waals surface area contributed by atoms with E-state index >= 15 is 0 Å². The fourth-order valence-electron chi connectivity index (χ4n) is 1.58. The summed E-state index contributed by atoms with van der Waals surface area (Å²) in [5.41, 5.74) is 0. The summed E-state index contributed by atoms with van der Waals surface area (Å²) in [4.78, 5) is 21.3. The van der Waals surface area contributed by atoms with E-state index in [1.54, 1.807) is 6.92 Å². The lowest BCUT2D eigenvalue weighted by molar-refractivity contribution is -0.782. The largest absolute Gasteiger partial charge is 0.521 e. The minimum atomic E-state index is -1.02. The second-order valence-electron chi connectivity index (χ2n) is 3.03. The van der Waals surface area contributed by atoms with Crippen LogP contribution in [0.25, 0.3) is 0 Å². The van der Waals surface area contributed by atoms with E-state index < -0.39 is 10.6 Å². The van der Waals surface area contributed by atoms with Crippen molar-refractivity contribution in [2.24, 2.45) is 0 Å². The Morgan fingerprint density at radius 2 is 2.36 bits per heavy atom. The molecule has 1 heterocycles. The summed E-state index contributed by atoms with van der Waals surface area (Å²) in [5.74, 6) is 0. The first-order chi connectivity index (χ1) is 5.13. The molecule has 62 valence electrons. The molecule has 0 radical (unpaired) electrons. The lowest BCUT2D eigenvalue weighted by atomic mass is 10.2. The van der Waals surface area contributed by atoms with Crippen LogP contribution >= 0.6 is 0 Å². The van der Waals surface area contributed by atoms with Crippen LogP contribution in [0.1, 0.15) is 19.8 Å². The van der Waals surface area contributed by atoms with E-state index in [0.717, 1.165) is 12.8 Å². The third-order valence-corrected chi connectivity index (χ3v) is 2.48. The van der Waals surface area contributed by atoms with Crippen LogP contribution in [-0.4, -0.2) is 34.7 Å². The highest BCUT2D eigenvalue weighted by Crippen LogP contribution is 2.24. The van der Waals surface area contributed by atoms with Crippen LogP contribution in [0, 0.1) is 0 Å². The van der Waals surface area contributed by atoms with Gasteiger partial charge in [0.15, 0.2) is 0 Å². The Morgan fingerprint density at radius 3 is 2.55 bits per heavy atom. The Bertz CT molecular complexity index is 192. The van der Waals surface area contributed by atoms with Crippen LogP contribution in [0.2, 0.25) is 0 Å². The van der Waals surface area contributed by atoms with Gasteiger partial charge in [0.1, 0.15) is 6.04 Å². The van der Waals surface area contributed by atoms with Gasteiger partial charge in [0.05, 0.1) is 6.54 Å². The van der Waals surface area contributed by atoms with Gasteiger partial charge in [0.2, 0.25) is 0 Å². The van der Waals surface area contributed by atoms with Gasteiger partial charge in [-0.3, -0.25) is 0 Å². The highest BCUT2D eigenvalue weighted by atomic mass is 16.4. The first kappa shape index (κ1) is 8.20. The number of quaternary nitrogens is 1. The van der Waals surface area contributed by atoms with Gasteiger partial charge in [-0.25, -0.2) is 4.79 Å². The van der Waals surface area contributed by atoms with E-state index in [4.69, 9.17) is 5.11 Å². The number of hydrogen-bond acceptors (Lipinski definition) is 2. The standard InChI is InChI=1S/C7H11NO3/c1-6-3-2-4-8(6,5-9)7(10)11/h5-6H,2-4H2,1H3/p+1/t6-,8?/m1/s1. The van der Waals surface area contributed by atoms with Crippen molar-refractivity contribution >= 4 is 12.5 Å². The van der Waals surface area contributed by atoms with Crippen molar-refractivity contribution < 1.29 is 19.2 Å². The molecule has 1 fully saturated rings. The molecule has 0 spiro atoms. The molecular weight excluding hydrogens is 146 g/mol. The first-order valence-corrected chi connectivity index (χ1v) is 3.71. The van der Waals surface area contributed by atoms with Crippen molar-refractivity contribution in [1.82, 2.24) is 0 Å². The van der Waals surface area contributed by atoms with Crippen molar-refractivity contribution in [3.63, 3.8) is 0 Å². The zero-order valence-electron chi connectivity index (χ0n) is 6.49. The fraction of sp³-hybridized carbons (Fsp3) is 0.714. The molecule has 1 aliphatic rings. The SMILES string of the molecule is C[C@@H]1CCC[N+]1(C=O)C(=O)O. The molecule has 11 heavy (non-hydrogen) atoms. The van der Waals surface area contributed by atoms with Crippen molar-refractivity contribution in [3.05, 3.63) is 0 Å². The number of likely N-dealkylation sites (tertiary alicyclic amines) is 1. The molecule has 1 aliphatic heterocycles. The Hall–Kier alpha value is -0.900. The zero-order valence-corrected chi connectivity index (χ0v) is 6.49. The molecule has 1 rings (SSSR count). The average molecular weight is 158 g/mol. The van der Waals surface area contributed by atoms with Crippen molar-refractivity contribution in [1.29, 1.82) is 0 Å². The molecule has 0 aliphatic carbocycles. The van der Waals surface area contributed by atoms with E-state index in [1.807, 2.05) is 0 Å². The summed E-state index contributed by atoms with van der Waals surface area (Å²) in [6.45, 7) is 2.25. The van der Waals surface area contributed by atoms with Crippen LogP contribution < -0.4 is 0 Å². The highest BCUT2D eigenvalue weighted by Gasteiger charge is 2.46. The molecular formula is C7H12NO3+. The second-order valence-corrected chi connectivity index (χ2v) is 3.03. The minimum Gasteiger partial charge on any atom is -0.435 e. The van der Waals surface area contributed by atoms with Gasteiger partial charge in [-0.05, 0) is 6.92 Å². The van der Waals surface area contributed by atoms with Gasteiger partial charge in [-0.1, -0.05) is 0 Å². The van der Waals surface area contributed by atoms with Crippen LogP contribution in [0.15, 0.2) is 0 Å². The third-order valence-electron chi connectivity index (χ3n) is 2.48. The van der Waals surface area contributed by atoms with Gasteiger partial charge >= 0.3 is 12.5 Å². The number of carbonyl (C=O) groups excluding carboxylic acids is 1. The smallest absolute Gasteiger partial charge is 0.435 e. The molecule has 2 atom stereocenters. The molecule has 1 N–H and O–H groups in total. The molecule has 4 nitrogen and oxygen atoms in total. The number of amides is 2. The summed E-state index contributed by atoms with van der Waals surface area (Å²) in [6.07, 6.45) is 1.17. The number of nitrogens with zero attached hydrogens (tertiary/aromatic N) is 1. The molecule has 0 aromatic carbocycles. The number of carboxylic acid groups (broad SMARTS) is 1. The minimum absolute atomic E-state index is 0.0648. The monoisotopic (exact) mass is 158 g/mol. The van der Waals surface area contributed by atoms with Crippen LogP contribution in [-0.2, 0) is 4.79 Å². The maximum absolute atomic E-state index is 10.7. The molecule has 1 unspecified atom stereocenters. The maximum Gasteiger partial charge on any atom is 0.521 e. The van der Waals surface area contributed by atoms with E-state index in [2.05, 4.69) is 0 Å². The fourth-order valence-corrected chi connectivity index (χ4v) is 1.58. The molecule has 4 heteroatoms. The van der Waals surface area contributed by atoms with E-state index in [9.17, 15) is 9.59 Å². The van der Waals surface area contributed by atoms with Crippen LogP contribution in [0.5, 0.6) is 0 Å². The Balaban J connectivity index is 2.90. The van der Waals surface area contributed by atoms with Gasteiger partial charge in [0.25, 0.3) is 0 Å². The van der Waals surface area contributed by atoms with Gasteiger partial charge in [-0.2, -0.15) is 9.28 Å². The predicted molar refractivity (Wildman–Crippen MR) is 37.9 cm³/mol. The molecule has 0 aromatic heterocycles. The Morgan fingerprint density at radius 1 is 1.73 bits per heavy atom. The first-order valence-electron chi connectivity index (χ1n) is 3.71. The average Bonchev–Trinajstić information content (AvgIpc) is 2.32. The number of hydrogen-bond donors (Lipinski definition) is 1. The highest BCUT2D eigenvalue weighted by molar-refractivity contribution is 5.67. The second kappa shape index (κ2) is 2.62. The van der Waals surface area contributed by atoms with Gasteiger partial charge in [0, 0.05) is 12.8 Å². The summed E-state index contributed by atoms with van der Waals surface area (Å²) >= 11 is 0. The summed E-state index contributed by atoms with van der Waals surface area (Å²) in [6, 6.07) is -0.0648. The molecule has 0 aromatic rings. The lowest BCUT2D eigenvalue weighted by Gasteiger charge is -2.24. The topological polar surface area (TPSA) is 54.4 Å². The number of imide groups is 1. The number of carbonyl (C=O) groups is 2. The Labute approximate surface area is 65.0 Å². The summed E-state index contributed by atoms with van der Waals surface area (Å²) in [5, 5.41) is 8.78. The van der Waals surface area contributed by atoms with Crippen molar-refractivity contribution in [3.8, 4) is 0 Å². The molecule has 1 saturated heterocycles. The quantitative estimate of drug-likeness (QED) is 0.454. The van der Waals surface area contributed by atoms with Crippen LogP contribution in [0.4, 0.5) is 4.79 Å². The molecule has 0 saturated carbocycles. The van der Waals surface area contributed by atoms with Gasteiger partial charge < -0.3 is 5.11 Å². The zero-order chi connectivity index (χ0) is 8.48. The molecule has 0 bridgehead atoms. The van der Waals surface area contributed by atoms with E-state index in [-0.39, 0.29) is 6.04 Å². The van der Waals surface area contributed by atoms with Gasteiger partial charge in [-0.15, -0.1) is 0 Å². The summed E-state index contributed by atoms with van der Waals surface area (Å²) in [7, 11) is 0. The third kappa shape index (κ3) is 1.03. The molecule has 2 amide bonds. The van der Waals surface area contributed by atoms with Crippen molar-refractivity contribution in [2.75, 3.05) is 6.54 Å². The number of rotatable bonds is 1.